The van der Waals surface area contributed by atoms with Gasteiger partial charge < -0.3 is 5.32 Å². The maximum absolute atomic E-state index is 12.3. The molecular formula is C19H18N2O2S. The van der Waals surface area contributed by atoms with Gasteiger partial charge in [-0.3, -0.25) is 4.72 Å². The fraction of sp³-hybridized carbons (Fsp3) is 0.0526. The number of hydrogen-bond acceptors (Lipinski definition) is 3. The Balaban J connectivity index is 1.64. The van der Waals surface area contributed by atoms with Gasteiger partial charge in [0.05, 0.1) is 4.90 Å². The molecule has 0 saturated carbocycles. The fourth-order valence-electron chi connectivity index (χ4n) is 2.27. The van der Waals surface area contributed by atoms with Gasteiger partial charge in [-0.15, -0.1) is 0 Å². The van der Waals surface area contributed by atoms with Crippen LogP contribution >= 0.6 is 0 Å². The second-order valence-electron chi connectivity index (χ2n) is 5.34. The minimum absolute atomic E-state index is 0.247. The number of sulfonamides is 1. The van der Waals surface area contributed by atoms with E-state index in [1.807, 2.05) is 30.3 Å². The average Bonchev–Trinajstić information content (AvgIpc) is 2.62. The summed E-state index contributed by atoms with van der Waals surface area (Å²) in [4.78, 5) is 0.247. The minimum Gasteiger partial charge on any atom is -0.381 e. The highest BCUT2D eigenvalue weighted by Gasteiger charge is 2.12. The SMILES string of the molecule is O=S(=O)(Nc1ccc(NCc2ccccc2)cc1)c1ccccc1. The van der Waals surface area contributed by atoms with E-state index in [9.17, 15) is 8.42 Å². The van der Waals surface area contributed by atoms with Gasteiger partial charge in [0, 0.05) is 17.9 Å². The van der Waals surface area contributed by atoms with Crippen LogP contribution in [0.3, 0.4) is 0 Å². The summed E-state index contributed by atoms with van der Waals surface area (Å²) in [6, 6.07) is 25.6. The lowest BCUT2D eigenvalue weighted by atomic mass is 10.2. The van der Waals surface area contributed by atoms with Crippen molar-refractivity contribution >= 4 is 21.4 Å². The standard InChI is InChI=1S/C19H18N2O2S/c22-24(23,19-9-5-2-6-10-19)21-18-13-11-17(12-14-18)20-15-16-7-3-1-4-8-16/h1-14,20-21H,15H2. The summed E-state index contributed by atoms with van der Waals surface area (Å²) in [6.45, 7) is 0.718. The smallest absolute Gasteiger partial charge is 0.261 e. The second-order valence-corrected chi connectivity index (χ2v) is 7.02. The Morgan fingerprint density at radius 3 is 1.83 bits per heavy atom. The van der Waals surface area contributed by atoms with Crippen molar-refractivity contribution in [3.63, 3.8) is 0 Å². The fourth-order valence-corrected chi connectivity index (χ4v) is 3.35. The van der Waals surface area contributed by atoms with Gasteiger partial charge in [-0.1, -0.05) is 48.5 Å². The van der Waals surface area contributed by atoms with Crippen molar-refractivity contribution in [3.8, 4) is 0 Å². The molecule has 3 aromatic rings. The zero-order valence-corrected chi connectivity index (χ0v) is 13.8. The molecule has 0 spiro atoms. The molecule has 3 aromatic carbocycles. The lowest BCUT2D eigenvalue weighted by Crippen LogP contribution is -2.12. The normalized spacial score (nSPS) is 11.0. The van der Waals surface area contributed by atoms with Gasteiger partial charge in [0.15, 0.2) is 0 Å². The Morgan fingerprint density at radius 1 is 0.667 bits per heavy atom. The first-order valence-electron chi connectivity index (χ1n) is 7.59. The van der Waals surface area contributed by atoms with Crippen molar-refractivity contribution in [2.24, 2.45) is 0 Å². The van der Waals surface area contributed by atoms with Crippen molar-refractivity contribution in [1.82, 2.24) is 0 Å². The van der Waals surface area contributed by atoms with Crippen LogP contribution in [0.2, 0.25) is 0 Å². The quantitative estimate of drug-likeness (QED) is 0.711. The molecule has 4 nitrogen and oxygen atoms in total. The van der Waals surface area contributed by atoms with Gasteiger partial charge in [0.1, 0.15) is 0 Å². The third-order valence-corrected chi connectivity index (χ3v) is 4.93. The summed E-state index contributed by atoms with van der Waals surface area (Å²) < 4.78 is 27.1. The largest absolute Gasteiger partial charge is 0.381 e. The van der Waals surface area contributed by atoms with Gasteiger partial charge in [0.25, 0.3) is 10.0 Å². The summed E-state index contributed by atoms with van der Waals surface area (Å²) in [6.07, 6.45) is 0. The highest BCUT2D eigenvalue weighted by molar-refractivity contribution is 7.92. The van der Waals surface area contributed by atoms with Gasteiger partial charge >= 0.3 is 0 Å². The van der Waals surface area contributed by atoms with E-state index in [4.69, 9.17) is 0 Å². The van der Waals surface area contributed by atoms with Crippen LogP contribution in [0.15, 0.2) is 89.8 Å². The molecule has 5 heteroatoms. The van der Waals surface area contributed by atoms with E-state index in [2.05, 4.69) is 22.2 Å². The summed E-state index contributed by atoms with van der Waals surface area (Å²) in [7, 11) is -3.55. The van der Waals surface area contributed by atoms with E-state index in [1.54, 1.807) is 42.5 Å². The van der Waals surface area contributed by atoms with Crippen LogP contribution in [0.5, 0.6) is 0 Å². The molecule has 2 N–H and O–H groups in total. The molecule has 0 aromatic heterocycles. The lowest BCUT2D eigenvalue weighted by Gasteiger charge is -2.10. The molecule has 0 amide bonds. The molecule has 0 aliphatic rings. The Hall–Kier alpha value is -2.79. The molecule has 0 heterocycles. The van der Waals surface area contributed by atoms with E-state index in [0.717, 1.165) is 12.2 Å². The number of nitrogens with one attached hydrogen (secondary N) is 2. The molecule has 0 aliphatic heterocycles. The van der Waals surface area contributed by atoms with E-state index in [0.29, 0.717) is 5.69 Å². The van der Waals surface area contributed by atoms with Crippen molar-refractivity contribution in [3.05, 3.63) is 90.5 Å². The molecule has 0 radical (unpaired) electrons. The van der Waals surface area contributed by atoms with Crippen LogP contribution in [0, 0.1) is 0 Å². The third kappa shape index (κ3) is 4.14. The summed E-state index contributed by atoms with van der Waals surface area (Å²) >= 11 is 0. The number of anilines is 2. The van der Waals surface area contributed by atoms with Crippen LogP contribution in [0.4, 0.5) is 11.4 Å². The molecule has 0 bridgehead atoms. The highest BCUT2D eigenvalue weighted by Crippen LogP contribution is 2.18. The average molecular weight is 338 g/mol. The summed E-state index contributed by atoms with van der Waals surface area (Å²) in [5.74, 6) is 0. The van der Waals surface area contributed by atoms with Gasteiger partial charge in [0.2, 0.25) is 0 Å². The number of hydrogen-bond donors (Lipinski definition) is 2. The van der Waals surface area contributed by atoms with E-state index in [1.165, 1.54) is 5.56 Å². The van der Waals surface area contributed by atoms with Crippen LogP contribution in [0.1, 0.15) is 5.56 Å². The predicted octanol–water partition coefficient (Wildman–Crippen LogP) is 4.10. The van der Waals surface area contributed by atoms with Gasteiger partial charge in [-0.2, -0.15) is 0 Å². The van der Waals surface area contributed by atoms with Crippen LogP contribution < -0.4 is 10.0 Å². The van der Waals surface area contributed by atoms with Crippen molar-refractivity contribution in [2.45, 2.75) is 11.4 Å². The molecule has 0 fully saturated rings. The number of rotatable bonds is 6. The lowest BCUT2D eigenvalue weighted by molar-refractivity contribution is 0.601. The molecular weight excluding hydrogens is 320 g/mol. The summed E-state index contributed by atoms with van der Waals surface area (Å²) in [5, 5.41) is 3.31. The topological polar surface area (TPSA) is 58.2 Å². The maximum Gasteiger partial charge on any atom is 0.261 e. The molecule has 0 aliphatic carbocycles. The molecule has 3 rings (SSSR count). The molecule has 0 saturated heterocycles. The van der Waals surface area contributed by atoms with E-state index in [-0.39, 0.29) is 4.90 Å². The van der Waals surface area contributed by atoms with Crippen molar-refractivity contribution < 1.29 is 8.42 Å². The second kappa shape index (κ2) is 7.19. The molecule has 0 atom stereocenters. The third-order valence-electron chi connectivity index (χ3n) is 3.53. The first-order valence-corrected chi connectivity index (χ1v) is 9.07. The van der Waals surface area contributed by atoms with Gasteiger partial charge in [-0.25, -0.2) is 8.42 Å². The maximum atomic E-state index is 12.3. The van der Waals surface area contributed by atoms with Crippen LogP contribution in [-0.4, -0.2) is 8.42 Å². The Labute approximate surface area is 142 Å². The molecule has 24 heavy (non-hydrogen) atoms. The Morgan fingerprint density at radius 2 is 1.21 bits per heavy atom. The number of benzene rings is 3. The van der Waals surface area contributed by atoms with Crippen molar-refractivity contribution in [1.29, 1.82) is 0 Å². The molecule has 0 unspecified atom stereocenters. The zero-order valence-electron chi connectivity index (χ0n) is 13.0. The Bertz CT molecular complexity index is 878. The van der Waals surface area contributed by atoms with Crippen LogP contribution in [0.25, 0.3) is 0 Å². The van der Waals surface area contributed by atoms with Crippen LogP contribution in [-0.2, 0) is 16.6 Å². The van der Waals surface area contributed by atoms with E-state index < -0.39 is 10.0 Å². The van der Waals surface area contributed by atoms with Gasteiger partial charge in [-0.05, 0) is 42.0 Å². The Kier molecular flexibility index (Phi) is 4.82. The first kappa shape index (κ1) is 16.1. The predicted molar refractivity (Wildman–Crippen MR) is 97.5 cm³/mol. The van der Waals surface area contributed by atoms with Crippen molar-refractivity contribution in [2.75, 3.05) is 10.0 Å². The first-order chi connectivity index (χ1) is 11.6. The highest BCUT2D eigenvalue weighted by atomic mass is 32.2. The summed E-state index contributed by atoms with van der Waals surface area (Å²) in [5.41, 5.74) is 2.65. The zero-order chi connectivity index (χ0) is 16.8. The van der Waals surface area contributed by atoms with E-state index >= 15 is 0 Å². The monoisotopic (exact) mass is 338 g/mol. The minimum atomic E-state index is -3.55. The molecule has 122 valence electrons.